The Hall–Kier alpha value is -1.12. The molecule has 0 bridgehead atoms. The summed E-state index contributed by atoms with van der Waals surface area (Å²) in [6.45, 7) is 6.52. The average Bonchev–Trinajstić information content (AvgIpc) is 2.40. The minimum atomic E-state index is -0.0954. The SMILES string of the molecule is C=C[C@H]1C[C@@H](c2ccccc2)C[C@H](OCC)O1. The molecule has 0 amide bonds. The molecule has 0 aliphatic carbocycles. The van der Waals surface area contributed by atoms with Crippen molar-refractivity contribution in [2.24, 2.45) is 0 Å². The van der Waals surface area contributed by atoms with Crippen molar-refractivity contribution in [3.8, 4) is 0 Å². The lowest BCUT2D eigenvalue weighted by atomic mass is 9.88. The highest BCUT2D eigenvalue weighted by Gasteiger charge is 2.29. The molecule has 1 fully saturated rings. The van der Waals surface area contributed by atoms with E-state index in [2.05, 4.69) is 30.8 Å². The predicted molar refractivity (Wildman–Crippen MR) is 68.9 cm³/mol. The monoisotopic (exact) mass is 232 g/mol. The maximum absolute atomic E-state index is 5.79. The van der Waals surface area contributed by atoms with Gasteiger partial charge in [-0.2, -0.15) is 0 Å². The van der Waals surface area contributed by atoms with E-state index in [-0.39, 0.29) is 12.4 Å². The minimum Gasteiger partial charge on any atom is -0.353 e. The lowest BCUT2D eigenvalue weighted by Gasteiger charge is -2.34. The van der Waals surface area contributed by atoms with Crippen LogP contribution in [0.15, 0.2) is 43.0 Å². The van der Waals surface area contributed by atoms with Gasteiger partial charge in [-0.05, 0) is 24.8 Å². The van der Waals surface area contributed by atoms with Crippen molar-refractivity contribution in [1.82, 2.24) is 0 Å². The summed E-state index contributed by atoms with van der Waals surface area (Å²) in [6.07, 6.45) is 3.81. The molecule has 0 unspecified atom stereocenters. The first-order chi connectivity index (χ1) is 8.33. The van der Waals surface area contributed by atoms with Crippen molar-refractivity contribution < 1.29 is 9.47 Å². The van der Waals surface area contributed by atoms with Crippen LogP contribution in [0.3, 0.4) is 0 Å². The molecule has 1 aromatic rings. The van der Waals surface area contributed by atoms with Gasteiger partial charge in [-0.3, -0.25) is 0 Å². The third kappa shape index (κ3) is 3.18. The van der Waals surface area contributed by atoms with E-state index in [0.717, 1.165) is 12.8 Å². The van der Waals surface area contributed by atoms with Gasteiger partial charge < -0.3 is 9.47 Å². The fraction of sp³-hybridized carbons (Fsp3) is 0.467. The Morgan fingerprint density at radius 1 is 1.35 bits per heavy atom. The number of benzene rings is 1. The quantitative estimate of drug-likeness (QED) is 0.740. The van der Waals surface area contributed by atoms with E-state index < -0.39 is 0 Å². The van der Waals surface area contributed by atoms with Gasteiger partial charge in [0.15, 0.2) is 6.29 Å². The van der Waals surface area contributed by atoms with E-state index in [4.69, 9.17) is 9.47 Å². The van der Waals surface area contributed by atoms with Crippen molar-refractivity contribution in [2.75, 3.05) is 6.61 Å². The molecule has 0 aromatic heterocycles. The highest BCUT2D eigenvalue weighted by atomic mass is 16.7. The van der Waals surface area contributed by atoms with E-state index in [0.29, 0.717) is 12.5 Å². The van der Waals surface area contributed by atoms with Crippen molar-refractivity contribution >= 4 is 0 Å². The van der Waals surface area contributed by atoms with E-state index in [1.54, 1.807) is 0 Å². The molecular weight excluding hydrogens is 212 g/mol. The van der Waals surface area contributed by atoms with Gasteiger partial charge in [-0.15, -0.1) is 6.58 Å². The van der Waals surface area contributed by atoms with Crippen LogP contribution in [-0.4, -0.2) is 19.0 Å². The van der Waals surface area contributed by atoms with Gasteiger partial charge in [0.05, 0.1) is 6.10 Å². The van der Waals surface area contributed by atoms with Crippen LogP contribution in [0.4, 0.5) is 0 Å². The topological polar surface area (TPSA) is 18.5 Å². The maximum atomic E-state index is 5.79. The van der Waals surface area contributed by atoms with Crippen molar-refractivity contribution in [2.45, 2.75) is 38.1 Å². The average molecular weight is 232 g/mol. The van der Waals surface area contributed by atoms with Gasteiger partial charge in [0.1, 0.15) is 0 Å². The number of hydrogen-bond acceptors (Lipinski definition) is 2. The molecular formula is C15H20O2. The fourth-order valence-corrected chi connectivity index (χ4v) is 2.36. The van der Waals surface area contributed by atoms with Crippen LogP contribution in [0.1, 0.15) is 31.2 Å². The zero-order chi connectivity index (χ0) is 12.1. The van der Waals surface area contributed by atoms with Crippen molar-refractivity contribution in [1.29, 1.82) is 0 Å². The summed E-state index contributed by atoms with van der Waals surface area (Å²) in [7, 11) is 0. The van der Waals surface area contributed by atoms with Crippen molar-refractivity contribution in [3.05, 3.63) is 48.6 Å². The zero-order valence-corrected chi connectivity index (χ0v) is 10.3. The molecule has 3 atom stereocenters. The van der Waals surface area contributed by atoms with Gasteiger partial charge in [0.25, 0.3) is 0 Å². The Morgan fingerprint density at radius 3 is 2.76 bits per heavy atom. The summed E-state index contributed by atoms with van der Waals surface area (Å²) in [6, 6.07) is 10.6. The van der Waals surface area contributed by atoms with Crippen LogP contribution in [0.2, 0.25) is 0 Å². The van der Waals surface area contributed by atoms with E-state index in [1.165, 1.54) is 5.56 Å². The van der Waals surface area contributed by atoms with E-state index in [1.807, 2.05) is 19.1 Å². The van der Waals surface area contributed by atoms with Gasteiger partial charge in [-0.1, -0.05) is 36.4 Å². The summed E-state index contributed by atoms with van der Waals surface area (Å²) in [5.41, 5.74) is 1.37. The molecule has 0 N–H and O–H groups in total. The highest BCUT2D eigenvalue weighted by Crippen LogP contribution is 2.33. The number of ether oxygens (including phenoxy) is 2. The number of hydrogen-bond donors (Lipinski definition) is 0. The Bertz CT molecular complexity index is 347. The first-order valence-electron chi connectivity index (χ1n) is 6.28. The first-order valence-corrected chi connectivity index (χ1v) is 6.28. The molecule has 1 saturated heterocycles. The molecule has 0 saturated carbocycles. The second-order valence-corrected chi connectivity index (χ2v) is 4.37. The Balaban J connectivity index is 2.09. The minimum absolute atomic E-state index is 0.0954. The second-order valence-electron chi connectivity index (χ2n) is 4.37. The molecule has 1 heterocycles. The predicted octanol–water partition coefficient (Wildman–Crippen LogP) is 3.50. The maximum Gasteiger partial charge on any atom is 0.158 e. The largest absolute Gasteiger partial charge is 0.353 e. The van der Waals surface area contributed by atoms with Gasteiger partial charge >= 0.3 is 0 Å². The Labute approximate surface area is 103 Å². The number of rotatable bonds is 4. The second kappa shape index (κ2) is 5.99. The molecule has 17 heavy (non-hydrogen) atoms. The highest BCUT2D eigenvalue weighted by molar-refractivity contribution is 5.20. The smallest absolute Gasteiger partial charge is 0.158 e. The molecule has 0 radical (unpaired) electrons. The molecule has 92 valence electrons. The third-order valence-electron chi connectivity index (χ3n) is 3.21. The summed E-state index contributed by atoms with van der Waals surface area (Å²) in [4.78, 5) is 0. The standard InChI is InChI=1S/C15H20O2/c1-3-14-10-13(11-15(17-14)16-4-2)12-8-6-5-7-9-12/h3,5-9,13-15H,1,4,10-11H2,2H3/t13-,14+,15-/m1/s1. The van der Waals surface area contributed by atoms with E-state index in [9.17, 15) is 0 Å². The first kappa shape index (κ1) is 12.3. The van der Waals surface area contributed by atoms with Crippen LogP contribution in [0.5, 0.6) is 0 Å². The molecule has 2 nitrogen and oxygen atoms in total. The van der Waals surface area contributed by atoms with Crippen LogP contribution in [0, 0.1) is 0 Å². The molecule has 1 aliphatic rings. The lowest BCUT2D eigenvalue weighted by molar-refractivity contribution is -0.184. The normalized spacial score (nSPS) is 28.9. The van der Waals surface area contributed by atoms with E-state index >= 15 is 0 Å². The zero-order valence-electron chi connectivity index (χ0n) is 10.3. The van der Waals surface area contributed by atoms with Gasteiger partial charge in [0, 0.05) is 13.0 Å². The Morgan fingerprint density at radius 2 is 2.12 bits per heavy atom. The molecule has 2 rings (SSSR count). The van der Waals surface area contributed by atoms with Crippen LogP contribution in [-0.2, 0) is 9.47 Å². The van der Waals surface area contributed by atoms with Crippen molar-refractivity contribution in [3.63, 3.8) is 0 Å². The summed E-state index contributed by atoms with van der Waals surface area (Å²) >= 11 is 0. The Kier molecular flexibility index (Phi) is 4.35. The summed E-state index contributed by atoms with van der Waals surface area (Å²) in [5, 5.41) is 0. The van der Waals surface area contributed by atoms with Crippen LogP contribution in [0.25, 0.3) is 0 Å². The molecule has 2 heteroatoms. The molecule has 1 aliphatic heterocycles. The third-order valence-corrected chi connectivity index (χ3v) is 3.21. The van der Waals surface area contributed by atoms with Gasteiger partial charge in [0.2, 0.25) is 0 Å². The van der Waals surface area contributed by atoms with Crippen LogP contribution >= 0.6 is 0 Å². The molecule has 0 spiro atoms. The summed E-state index contributed by atoms with van der Waals surface area (Å²) < 4.78 is 11.4. The summed E-state index contributed by atoms with van der Waals surface area (Å²) in [5.74, 6) is 0.504. The molecule has 1 aromatic carbocycles. The van der Waals surface area contributed by atoms with Gasteiger partial charge in [-0.25, -0.2) is 0 Å². The van der Waals surface area contributed by atoms with Crippen LogP contribution < -0.4 is 0 Å². The lowest BCUT2D eigenvalue weighted by Crippen LogP contribution is -2.32. The fourth-order valence-electron chi connectivity index (χ4n) is 2.36.